The molecule has 1 N–H and O–H groups in total. The number of carboxylic acid groups (broad SMARTS) is 1. The zero-order valence-electron chi connectivity index (χ0n) is 9.80. The third kappa shape index (κ3) is 3.47. The Morgan fingerprint density at radius 2 is 1.82 bits per heavy atom. The van der Waals surface area contributed by atoms with Crippen molar-refractivity contribution in [1.29, 1.82) is 0 Å². The SMILES string of the molecule is CCOCC(C(=O)O)C(=O)C1(COCC)OO1. The molecule has 1 fully saturated rings. The average Bonchev–Trinajstić information content (AvgIpc) is 3.07. The highest BCUT2D eigenvalue weighted by molar-refractivity contribution is 6.03. The molecular weight excluding hydrogens is 232 g/mol. The summed E-state index contributed by atoms with van der Waals surface area (Å²) in [4.78, 5) is 32.0. The third-order valence-electron chi connectivity index (χ3n) is 2.26. The number of hydrogen-bond donors (Lipinski definition) is 1. The summed E-state index contributed by atoms with van der Waals surface area (Å²) in [5.41, 5.74) is 0. The zero-order valence-corrected chi connectivity index (χ0v) is 9.80. The number of rotatable bonds is 9. The number of carbonyl (C=O) groups excluding carboxylic acids is 1. The van der Waals surface area contributed by atoms with Crippen LogP contribution >= 0.6 is 0 Å². The Hall–Kier alpha value is -1.02. The number of hydrogen-bond acceptors (Lipinski definition) is 6. The first-order chi connectivity index (χ1) is 8.07. The number of ketones is 1. The molecular formula is C10H16O7. The summed E-state index contributed by atoms with van der Waals surface area (Å²) >= 11 is 0. The summed E-state index contributed by atoms with van der Waals surface area (Å²) in [6.07, 6.45) is 0. The van der Waals surface area contributed by atoms with Crippen molar-refractivity contribution in [3.05, 3.63) is 0 Å². The fourth-order valence-corrected chi connectivity index (χ4v) is 1.25. The molecule has 0 aromatic carbocycles. The summed E-state index contributed by atoms with van der Waals surface area (Å²) in [6, 6.07) is 0. The van der Waals surface area contributed by atoms with E-state index in [1.165, 1.54) is 0 Å². The van der Waals surface area contributed by atoms with Gasteiger partial charge in [-0.3, -0.25) is 9.59 Å². The van der Waals surface area contributed by atoms with Gasteiger partial charge in [-0.1, -0.05) is 0 Å². The number of aliphatic carboxylic acids is 1. The van der Waals surface area contributed by atoms with E-state index < -0.39 is 23.5 Å². The van der Waals surface area contributed by atoms with Crippen molar-refractivity contribution in [3.8, 4) is 0 Å². The predicted molar refractivity (Wildman–Crippen MR) is 54.0 cm³/mol. The van der Waals surface area contributed by atoms with Gasteiger partial charge in [-0.2, -0.15) is 9.78 Å². The van der Waals surface area contributed by atoms with E-state index in [-0.39, 0.29) is 13.2 Å². The van der Waals surface area contributed by atoms with Crippen molar-refractivity contribution in [3.63, 3.8) is 0 Å². The second-order valence-corrected chi connectivity index (χ2v) is 3.47. The molecule has 1 atom stereocenters. The van der Waals surface area contributed by atoms with Crippen LogP contribution in [0, 0.1) is 5.92 Å². The lowest BCUT2D eigenvalue weighted by Crippen LogP contribution is -2.41. The van der Waals surface area contributed by atoms with Gasteiger partial charge in [-0.25, -0.2) is 0 Å². The van der Waals surface area contributed by atoms with Gasteiger partial charge in [0.1, 0.15) is 12.5 Å². The number of Topliss-reactive ketones (excluding diaryl/α,β-unsaturated/α-hetero) is 1. The molecule has 0 aromatic heterocycles. The molecule has 0 radical (unpaired) electrons. The molecule has 7 heteroatoms. The van der Waals surface area contributed by atoms with Crippen molar-refractivity contribution < 1.29 is 33.9 Å². The van der Waals surface area contributed by atoms with Gasteiger partial charge in [0.2, 0.25) is 5.78 Å². The molecule has 0 spiro atoms. The zero-order chi connectivity index (χ0) is 12.9. The quantitative estimate of drug-likeness (QED) is 0.348. The maximum Gasteiger partial charge on any atom is 0.316 e. The maximum atomic E-state index is 11.9. The van der Waals surface area contributed by atoms with Crippen molar-refractivity contribution in [1.82, 2.24) is 0 Å². The molecule has 1 rings (SSSR count). The molecule has 0 aromatic rings. The van der Waals surface area contributed by atoms with E-state index in [0.29, 0.717) is 13.2 Å². The van der Waals surface area contributed by atoms with Gasteiger partial charge in [-0.05, 0) is 13.8 Å². The smallest absolute Gasteiger partial charge is 0.316 e. The van der Waals surface area contributed by atoms with Crippen molar-refractivity contribution in [2.75, 3.05) is 26.4 Å². The Bertz CT molecular complexity index is 284. The predicted octanol–water partition coefficient (Wildman–Crippen LogP) is -0.0126. The van der Waals surface area contributed by atoms with Crippen LogP contribution in [0.1, 0.15) is 13.8 Å². The minimum absolute atomic E-state index is 0.113. The second-order valence-electron chi connectivity index (χ2n) is 3.47. The highest BCUT2D eigenvalue weighted by Gasteiger charge is 2.60. The van der Waals surface area contributed by atoms with Crippen LogP contribution in [-0.2, 0) is 28.8 Å². The van der Waals surface area contributed by atoms with Gasteiger partial charge in [0.25, 0.3) is 0 Å². The van der Waals surface area contributed by atoms with E-state index in [0.717, 1.165) is 0 Å². The first-order valence-electron chi connectivity index (χ1n) is 5.36. The lowest BCUT2D eigenvalue weighted by atomic mass is 9.99. The third-order valence-corrected chi connectivity index (χ3v) is 2.26. The molecule has 1 unspecified atom stereocenters. The Morgan fingerprint density at radius 3 is 2.24 bits per heavy atom. The minimum Gasteiger partial charge on any atom is -0.481 e. The van der Waals surface area contributed by atoms with Gasteiger partial charge in [0, 0.05) is 13.2 Å². The minimum atomic E-state index is -1.56. The topological polar surface area (TPSA) is 97.9 Å². The molecule has 17 heavy (non-hydrogen) atoms. The fraction of sp³-hybridized carbons (Fsp3) is 0.800. The Labute approximate surface area is 98.5 Å². The molecule has 98 valence electrons. The first kappa shape index (κ1) is 14.0. The first-order valence-corrected chi connectivity index (χ1v) is 5.36. The lowest BCUT2D eigenvalue weighted by Gasteiger charge is -2.13. The lowest BCUT2D eigenvalue weighted by molar-refractivity contribution is -0.151. The van der Waals surface area contributed by atoms with Crippen LogP contribution in [0.3, 0.4) is 0 Å². The van der Waals surface area contributed by atoms with E-state index in [1.54, 1.807) is 13.8 Å². The number of ether oxygens (including phenoxy) is 2. The highest BCUT2D eigenvalue weighted by Crippen LogP contribution is 2.33. The van der Waals surface area contributed by atoms with Crippen LogP contribution in [0.15, 0.2) is 0 Å². The standard InChI is InChI=1S/C10H16O7/c1-3-14-5-7(9(12)13)8(11)10(16-17-10)6-15-4-2/h7H,3-6H2,1-2H3,(H,12,13). The highest BCUT2D eigenvalue weighted by atomic mass is 17.4. The Morgan fingerprint density at radius 1 is 1.24 bits per heavy atom. The van der Waals surface area contributed by atoms with Crippen LogP contribution in [0.25, 0.3) is 0 Å². The fourth-order valence-electron chi connectivity index (χ4n) is 1.25. The van der Waals surface area contributed by atoms with Crippen LogP contribution in [0.5, 0.6) is 0 Å². The van der Waals surface area contributed by atoms with E-state index >= 15 is 0 Å². The van der Waals surface area contributed by atoms with Crippen LogP contribution in [-0.4, -0.2) is 49.1 Å². The summed E-state index contributed by atoms with van der Waals surface area (Å²) in [7, 11) is 0. The molecule has 1 heterocycles. The van der Waals surface area contributed by atoms with Gasteiger partial charge in [0.15, 0.2) is 0 Å². The number of carboxylic acids is 1. The van der Waals surface area contributed by atoms with Crippen LogP contribution in [0.4, 0.5) is 0 Å². The van der Waals surface area contributed by atoms with E-state index in [9.17, 15) is 9.59 Å². The molecule has 7 nitrogen and oxygen atoms in total. The maximum absolute atomic E-state index is 11.9. The molecule has 1 aliphatic heterocycles. The molecule has 0 bridgehead atoms. The van der Waals surface area contributed by atoms with Gasteiger partial charge < -0.3 is 14.6 Å². The van der Waals surface area contributed by atoms with Gasteiger partial charge in [0.05, 0.1) is 6.61 Å². The van der Waals surface area contributed by atoms with E-state index in [2.05, 4.69) is 9.78 Å². The molecule has 1 saturated heterocycles. The van der Waals surface area contributed by atoms with Gasteiger partial charge in [-0.15, -0.1) is 0 Å². The van der Waals surface area contributed by atoms with E-state index in [1.807, 2.05) is 0 Å². The van der Waals surface area contributed by atoms with Crippen molar-refractivity contribution >= 4 is 11.8 Å². The number of carbonyl (C=O) groups is 2. The van der Waals surface area contributed by atoms with Gasteiger partial charge >= 0.3 is 11.8 Å². The largest absolute Gasteiger partial charge is 0.481 e. The van der Waals surface area contributed by atoms with Crippen LogP contribution < -0.4 is 0 Å². The summed E-state index contributed by atoms with van der Waals surface area (Å²) in [5.74, 6) is -4.82. The molecule has 0 saturated carbocycles. The van der Waals surface area contributed by atoms with Crippen molar-refractivity contribution in [2.45, 2.75) is 19.6 Å². The molecule has 0 amide bonds. The second kappa shape index (κ2) is 6.06. The normalized spacial score (nSPS) is 18.7. The molecule has 1 aliphatic rings. The summed E-state index contributed by atoms with van der Waals surface area (Å²) in [6.45, 7) is 3.85. The summed E-state index contributed by atoms with van der Waals surface area (Å²) < 4.78 is 9.96. The monoisotopic (exact) mass is 248 g/mol. The van der Waals surface area contributed by atoms with E-state index in [4.69, 9.17) is 14.6 Å². The molecule has 0 aliphatic carbocycles. The Balaban J connectivity index is 2.61. The Kier molecular flexibility index (Phi) is 5.01. The average molecular weight is 248 g/mol. The van der Waals surface area contributed by atoms with Crippen molar-refractivity contribution in [2.24, 2.45) is 5.92 Å². The van der Waals surface area contributed by atoms with Crippen LogP contribution in [0.2, 0.25) is 0 Å². The summed E-state index contributed by atoms with van der Waals surface area (Å²) in [5, 5.41) is 8.93.